The number of hydrogen-bond acceptors (Lipinski definition) is 3. The summed E-state index contributed by atoms with van der Waals surface area (Å²) in [6.45, 7) is 0.787. The van der Waals surface area contributed by atoms with Gasteiger partial charge in [-0.15, -0.1) is 0 Å². The summed E-state index contributed by atoms with van der Waals surface area (Å²) in [5.41, 5.74) is 4.44. The monoisotopic (exact) mass is 413 g/mol. The van der Waals surface area contributed by atoms with E-state index in [0.717, 1.165) is 40.0 Å². The SMILES string of the molecule is Clc1ccccc1CCc1noc(-c2cn(Cc3ccccc3)c3ccccc23)n1. The first-order chi connectivity index (χ1) is 14.8. The second-order valence-corrected chi connectivity index (χ2v) is 7.69. The topological polar surface area (TPSA) is 43.9 Å². The van der Waals surface area contributed by atoms with Crippen molar-refractivity contribution in [2.45, 2.75) is 19.4 Å². The number of benzene rings is 3. The van der Waals surface area contributed by atoms with Gasteiger partial charge in [-0.1, -0.05) is 83.5 Å². The lowest BCUT2D eigenvalue weighted by Crippen LogP contribution is -1.97. The minimum atomic E-state index is 0.548. The van der Waals surface area contributed by atoms with Crippen molar-refractivity contribution in [1.29, 1.82) is 0 Å². The van der Waals surface area contributed by atoms with Crippen LogP contribution in [0.15, 0.2) is 89.6 Å². The minimum Gasteiger partial charge on any atom is -0.342 e. The maximum absolute atomic E-state index is 6.26. The molecule has 5 rings (SSSR count). The highest BCUT2D eigenvalue weighted by Gasteiger charge is 2.16. The molecule has 0 N–H and O–H groups in total. The van der Waals surface area contributed by atoms with Crippen molar-refractivity contribution in [2.24, 2.45) is 0 Å². The molecule has 0 radical (unpaired) electrons. The molecule has 0 aliphatic rings. The molecule has 0 saturated heterocycles. The van der Waals surface area contributed by atoms with Gasteiger partial charge in [-0.2, -0.15) is 4.98 Å². The van der Waals surface area contributed by atoms with Crippen LogP contribution in [0.5, 0.6) is 0 Å². The number of para-hydroxylation sites is 1. The summed E-state index contributed by atoms with van der Waals surface area (Å²) in [7, 11) is 0. The summed E-state index contributed by atoms with van der Waals surface area (Å²) >= 11 is 6.26. The van der Waals surface area contributed by atoms with Crippen LogP contribution in [0.4, 0.5) is 0 Å². The molecule has 2 heterocycles. The van der Waals surface area contributed by atoms with Crippen LogP contribution in [0.25, 0.3) is 22.4 Å². The van der Waals surface area contributed by atoms with Crippen LogP contribution in [0, 0.1) is 0 Å². The Balaban J connectivity index is 1.43. The number of aromatic nitrogens is 3. The van der Waals surface area contributed by atoms with E-state index in [9.17, 15) is 0 Å². The second-order valence-electron chi connectivity index (χ2n) is 7.28. The van der Waals surface area contributed by atoms with Gasteiger partial charge in [-0.05, 0) is 29.7 Å². The van der Waals surface area contributed by atoms with E-state index in [1.165, 1.54) is 5.56 Å². The maximum Gasteiger partial charge on any atom is 0.260 e. The van der Waals surface area contributed by atoms with E-state index < -0.39 is 0 Å². The highest BCUT2D eigenvalue weighted by atomic mass is 35.5. The molecule has 0 unspecified atom stereocenters. The standard InChI is InChI=1S/C25H20ClN3O/c26-22-12-6-4-10-19(22)14-15-24-27-25(30-28-24)21-17-29(16-18-8-2-1-3-9-18)23-13-7-5-11-20(21)23/h1-13,17H,14-16H2. The van der Waals surface area contributed by atoms with Gasteiger partial charge in [0.05, 0.1) is 5.56 Å². The van der Waals surface area contributed by atoms with Crippen molar-refractivity contribution in [3.8, 4) is 11.5 Å². The highest BCUT2D eigenvalue weighted by Crippen LogP contribution is 2.30. The molecule has 5 heteroatoms. The predicted molar refractivity (Wildman–Crippen MR) is 120 cm³/mol. The Kier molecular flexibility index (Phi) is 5.08. The van der Waals surface area contributed by atoms with Crippen LogP contribution in [0.1, 0.15) is 17.0 Å². The van der Waals surface area contributed by atoms with Crippen LogP contribution in [-0.4, -0.2) is 14.7 Å². The Bertz CT molecular complexity index is 1290. The first kappa shape index (κ1) is 18.6. The highest BCUT2D eigenvalue weighted by molar-refractivity contribution is 6.31. The first-order valence-corrected chi connectivity index (χ1v) is 10.3. The van der Waals surface area contributed by atoms with Gasteiger partial charge >= 0.3 is 0 Å². The molecule has 148 valence electrons. The van der Waals surface area contributed by atoms with E-state index in [1.807, 2.05) is 36.4 Å². The van der Waals surface area contributed by atoms with E-state index in [1.54, 1.807) is 0 Å². The van der Waals surface area contributed by atoms with Crippen molar-refractivity contribution in [3.05, 3.63) is 107 Å². The Morgan fingerprint density at radius 1 is 0.833 bits per heavy atom. The molecule has 0 aliphatic carbocycles. The number of fused-ring (bicyclic) bond motifs is 1. The summed E-state index contributed by atoms with van der Waals surface area (Å²) in [4.78, 5) is 4.66. The Morgan fingerprint density at radius 2 is 1.60 bits per heavy atom. The summed E-state index contributed by atoms with van der Waals surface area (Å²) < 4.78 is 7.86. The fourth-order valence-electron chi connectivity index (χ4n) is 3.74. The van der Waals surface area contributed by atoms with Gasteiger partial charge in [0.2, 0.25) is 0 Å². The summed E-state index contributed by atoms with van der Waals surface area (Å²) in [5.74, 6) is 1.23. The van der Waals surface area contributed by atoms with Crippen molar-refractivity contribution in [2.75, 3.05) is 0 Å². The summed E-state index contributed by atoms with van der Waals surface area (Å²) in [6, 6.07) is 26.6. The molecule has 0 bridgehead atoms. The Morgan fingerprint density at radius 3 is 2.47 bits per heavy atom. The number of hydrogen-bond donors (Lipinski definition) is 0. The number of halogens is 1. The zero-order valence-corrected chi connectivity index (χ0v) is 17.1. The molecule has 2 aromatic heterocycles. The number of aryl methyl sites for hydroxylation is 2. The van der Waals surface area contributed by atoms with E-state index in [2.05, 4.69) is 63.4 Å². The van der Waals surface area contributed by atoms with E-state index >= 15 is 0 Å². The number of nitrogens with zero attached hydrogens (tertiary/aromatic N) is 3. The second kappa shape index (κ2) is 8.17. The fourth-order valence-corrected chi connectivity index (χ4v) is 3.97. The van der Waals surface area contributed by atoms with Crippen LogP contribution >= 0.6 is 11.6 Å². The predicted octanol–water partition coefficient (Wildman–Crippen LogP) is 6.18. The third-order valence-corrected chi connectivity index (χ3v) is 5.63. The summed E-state index contributed by atoms with van der Waals surface area (Å²) in [6.07, 6.45) is 3.55. The van der Waals surface area contributed by atoms with Gasteiger partial charge < -0.3 is 9.09 Å². The van der Waals surface area contributed by atoms with Crippen LogP contribution in [-0.2, 0) is 19.4 Å². The smallest absolute Gasteiger partial charge is 0.260 e. The number of rotatable bonds is 6. The Hall–Kier alpha value is -3.37. The minimum absolute atomic E-state index is 0.548. The zero-order chi connectivity index (χ0) is 20.3. The molecule has 4 nitrogen and oxygen atoms in total. The fraction of sp³-hybridized carbons (Fsp3) is 0.120. The van der Waals surface area contributed by atoms with Gasteiger partial charge in [0.25, 0.3) is 5.89 Å². The van der Waals surface area contributed by atoms with Crippen molar-refractivity contribution < 1.29 is 4.52 Å². The lowest BCUT2D eigenvalue weighted by molar-refractivity contribution is 0.422. The zero-order valence-electron chi connectivity index (χ0n) is 16.3. The molecule has 30 heavy (non-hydrogen) atoms. The lowest BCUT2D eigenvalue weighted by atomic mass is 10.1. The van der Waals surface area contributed by atoms with Crippen molar-refractivity contribution >= 4 is 22.5 Å². The van der Waals surface area contributed by atoms with E-state index in [0.29, 0.717) is 18.1 Å². The molecular formula is C25H20ClN3O. The average Bonchev–Trinajstić information content (AvgIpc) is 3.39. The van der Waals surface area contributed by atoms with Crippen LogP contribution in [0.2, 0.25) is 5.02 Å². The molecule has 3 aromatic carbocycles. The third kappa shape index (κ3) is 3.74. The molecule has 0 amide bonds. The molecule has 0 aliphatic heterocycles. The lowest BCUT2D eigenvalue weighted by Gasteiger charge is -2.05. The normalized spacial score (nSPS) is 11.2. The van der Waals surface area contributed by atoms with Crippen LogP contribution < -0.4 is 0 Å². The molecular weight excluding hydrogens is 394 g/mol. The van der Waals surface area contributed by atoms with Gasteiger partial charge in [0.15, 0.2) is 5.82 Å². The molecule has 0 fully saturated rings. The largest absolute Gasteiger partial charge is 0.342 e. The van der Waals surface area contributed by atoms with Gasteiger partial charge in [-0.3, -0.25) is 0 Å². The van der Waals surface area contributed by atoms with Gasteiger partial charge in [0.1, 0.15) is 0 Å². The first-order valence-electron chi connectivity index (χ1n) is 9.96. The van der Waals surface area contributed by atoms with E-state index in [4.69, 9.17) is 16.1 Å². The molecule has 0 saturated carbocycles. The molecule has 0 atom stereocenters. The third-order valence-electron chi connectivity index (χ3n) is 5.26. The molecule has 5 aromatic rings. The summed E-state index contributed by atoms with van der Waals surface area (Å²) in [5, 5.41) is 6.07. The van der Waals surface area contributed by atoms with Crippen molar-refractivity contribution in [1.82, 2.24) is 14.7 Å². The quantitative estimate of drug-likeness (QED) is 0.334. The van der Waals surface area contributed by atoms with Gasteiger partial charge in [-0.25, -0.2) is 0 Å². The Labute approximate surface area is 179 Å². The van der Waals surface area contributed by atoms with Crippen LogP contribution in [0.3, 0.4) is 0 Å². The average molecular weight is 414 g/mol. The van der Waals surface area contributed by atoms with E-state index in [-0.39, 0.29) is 0 Å². The maximum atomic E-state index is 6.26. The van der Waals surface area contributed by atoms with Crippen molar-refractivity contribution in [3.63, 3.8) is 0 Å². The van der Waals surface area contributed by atoms with Gasteiger partial charge in [0, 0.05) is 35.1 Å². The molecule has 0 spiro atoms.